The molecule has 1 fully saturated rings. The van der Waals surface area contributed by atoms with E-state index in [1.807, 2.05) is 24.3 Å². The highest BCUT2D eigenvalue weighted by Gasteiger charge is 2.24. The number of likely N-dealkylation sites (tertiary alicyclic amines) is 1. The average Bonchev–Trinajstić information content (AvgIpc) is 3.29. The van der Waals surface area contributed by atoms with Crippen LogP contribution in [0.1, 0.15) is 28.1 Å². The minimum Gasteiger partial charge on any atom is -0.468 e. The minimum absolute atomic E-state index is 0.225. The third-order valence-electron chi connectivity index (χ3n) is 4.46. The molecule has 1 aliphatic rings. The zero-order valence-corrected chi connectivity index (χ0v) is 14.2. The van der Waals surface area contributed by atoms with Gasteiger partial charge in [-0.25, -0.2) is 0 Å². The van der Waals surface area contributed by atoms with Crippen molar-refractivity contribution in [1.29, 1.82) is 5.26 Å². The van der Waals surface area contributed by atoms with Crippen molar-refractivity contribution in [3.63, 3.8) is 0 Å². The summed E-state index contributed by atoms with van der Waals surface area (Å²) in [5, 5.41) is 12.1. The van der Waals surface area contributed by atoms with Crippen molar-refractivity contribution < 1.29 is 13.9 Å². The van der Waals surface area contributed by atoms with Gasteiger partial charge in [-0.2, -0.15) is 5.26 Å². The molecule has 2 heterocycles. The fourth-order valence-electron chi connectivity index (χ4n) is 3.11. The second-order valence-corrected chi connectivity index (χ2v) is 6.19. The second kappa shape index (κ2) is 7.86. The van der Waals surface area contributed by atoms with Gasteiger partial charge in [0.1, 0.15) is 0 Å². The Balaban J connectivity index is 1.48. The first kappa shape index (κ1) is 17.1. The Kier molecular flexibility index (Phi) is 5.36. The lowest BCUT2D eigenvalue weighted by Crippen LogP contribution is -2.30. The Hall–Kier alpha value is -2.78. The van der Waals surface area contributed by atoms with Crippen molar-refractivity contribution >= 4 is 5.91 Å². The number of nitrogens with zero attached hydrogens (tertiary/aromatic N) is 2. The topological polar surface area (TPSA) is 78.5 Å². The number of carbonyl (C=O) groups is 1. The molecule has 25 heavy (non-hydrogen) atoms. The molecule has 0 radical (unpaired) electrons. The normalized spacial score (nSPS) is 17.2. The Bertz CT molecular complexity index is 778. The summed E-state index contributed by atoms with van der Waals surface area (Å²) in [6.07, 6.45) is 1.02. The highest BCUT2D eigenvalue weighted by molar-refractivity contribution is 5.91. The van der Waals surface area contributed by atoms with Crippen molar-refractivity contribution in [2.45, 2.75) is 13.0 Å². The van der Waals surface area contributed by atoms with Gasteiger partial charge in [0.2, 0.25) is 0 Å². The SMILES string of the molecule is COc1ccc(C(=O)NCC2CCN(Cc3ccccc3C#N)C2)o1. The molecule has 130 valence electrons. The number of hydrogen-bond acceptors (Lipinski definition) is 5. The molecule has 0 saturated carbocycles. The molecule has 0 bridgehead atoms. The summed E-state index contributed by atoms with van der Waals surface area (Å²) in [6, 6.07) is 13.2. The fourth-order valence-corrected chi connectivity index (χ4v) is 3.11. The van der Waals surface area contributed by atoms with E-state index in [-0.39, 0.29) is 11.7 Å². The van der Waals surface area contributed by atoms with E-state index in [0.29, 0.717) is 18.4 Å². The van der Waals surface area contributed by atoms with Crippen LogP contribution in [0.15, 0.2) is 40.8 Å². The van der Waals surface area contributed by atoms with E-state index in [2.05, 4.69) is 16.3 Å². The third kappa shape index (κ3) is 4.20. The van der Waals surface area contributed by atoms with Gasteiger partial charge in [0.25, 0.3) is 11.9 Å². The zero-order chi connectivity index (χ0) is 17.6. The molecule has 1 aromatic heterocycles. The van der Waals surface area contributed by atoms with Gasteiger partial charge in [0.15, 0.2) is 5.76 Å². The molecule has 2 aromatic rings. The molecule has 1 unspecified atom stereocenters. The highest BCUT2D eigenvalue weighted by atomic mass is 16.6. The van der Waals surface area contributed by atoms with E-state index in [0.717, 1.165) is 37.2 Å². The first-order chi connectivity index (χ1) is 12.2. The zero-order valence-electron chi connectivity index (χ0n) is 14.2. The van der Waals surface area contributed by atoms with Gasteiger partial charge in [-0.3, -0.25) is 9.69 Å². The van der Waals surface area contributed by atoms with Crippen molar-refractivity contribution in [1.82, 2.24) is 10.2 Å². The number of ether oxygens (including phenoxy) is 1. The van der Waals surface area contributed by atoms with Crippen LogP contribution in [0.25, 0.3) is 0 Å². The van der Waals surface area contributed by atoms with Gasteiger partial charge < -0.3 is 14.5 Å². The van der Waals surface area contributed by atoms with Gasteiger partial charge in [0.05, 0.1) is 18.7 Å². The number of methoxy groups -OCH3 is 1. The molecule has 0 aliphatic carbocycles. The van der Waals surface area contributed by atoms with Gasteiger partial charge in [-0.1, -0.05) is 18.2 Å². The van der Waals surface area contributed by atoms with Crippen molar-refractivity contribution in [3.05, 3.63) is 53.3 Å². The van der Waals surface area contributed by atoms with Crippen LogP contribution in [0.3, 0.4) is 0 Å². The number of amides is 1. The molecule has 1 atom stereocenters. The number of furan rings is 1. The minimum atomic E-state index is -0.225. The number of nitrogens with one attached hydrogen (secondary N) is 1. The Labute approximate surface area is 147 Å². The highest BCUT2D eigenvalue weighted by Crippen LogP contribution is 2.20. The quantitative estimate of drug-likeness (QED) is 0.874. The lowest BCUT2D eigenvalue weighted by atomic mass is 10.1. The molecular weight excluding hydrogens is 318 g/mol. The molecule has 6 nitrogen and oxygen atoms in total. The van der Waals surface area contributed by atoms with Gasteiger partial charge in [0, 0.05) is 25.7 Å². The molecule has 3 rings (SSSR count). The van der Waals surface area contributed by atoms with Gasteiger partial charge >= 0.3 is 0 Å². The molecule has 1 N–H and O–H groups in total. The Morgan fingerprint density at radius 1 is 1.40 bits per heavy atom. The molecule has 1 saturated heterocycles. The lowest BCUT2D eigenvalue weighted by Gasteiger charge is -2.17. The standard InChI is InChI=1S/C19H21N3O3/c1-24-18-7-6-17(25-18)19(23)21-11-14-8-9-22(12-14)13-16-5-3-2-4-15(16)10-20/h2-7,14H,8-9,11-13H2,1H3,(H,21,23). The van der Waals surface area contributed by atoms with E-state index in [1.165, 1.54) is 7.11 Å². The predicted octanol–water partition coefficient (Wildman–Crippen LogP) is 2.41. The van der Waals surface area contributed by atoms with E-state index in [9.17, 15) is 10.1 Å². The first-order valence-corrected chi connectivity index (χ1v) is 8.32. The van der Waals surface area contributed by atoms with Crippen LogP contribution in [-0.4, -0.2) is 37.6 Å². The van der Waals surface area contributed by atoms with Crippen LogP contribution >= 0.6 is 0 Å². The van der Waals surface area contributed by atoms with Crippen LogP contribution in [0.5, 0.6) is 5.95 Å². The molecular formula is C19H21N3O3. The molecule has 1 amide bonds. The summed E-state index contributed by atoms with van der Waals surface area (Å²) in [6.45, 7) is 3.25. The molecule has 1 aromatic carbocycles. The van der Waals surface area contributed by atoms with E-state index in [1.54, 1.807) is 12.1 Å². The van der Waals surface area contributed by atoms with Gasteiger partial charge in [-0.15, -0.1) is 0 Å². The summed E-state index contributed by atoms with van der Waals surface area (Å²) in [7, 11) is 1.50. The maximum atomic E-state index is 12.1. The summed E-state index contributed by atoms with van der Waals surface area (Å²) in [5.74, 6) is 0.759. The Morgan fingerprint density at radius 3 is 3.00 bits per heavy atom. The number of benzene rings is 1. The fraction of sp³-hybridized carbons (Fsp3) is 0.368. The summed E-state index contributed by atoms with van der Waals surface area (Å²) < 4.78 is 10.2. The predicted molar refractivity (Wildman–Crippen MR) is 92.1 cm³/mol. The van der Waals surface area contributed by atoms with Crippen molar-refractivity contribution in [2.24, 2.45) is 5.92 Å². The Morgan fingerprint density at radius 2 is 2.24 bits per heavy atom. The number of carbonyl (C=O) groups excluding carboxylic acids is 1. The van der Waals surface area contributed by atoms with Crippen LogP contribution in [-0.2, 0) is 6.54 Å². The summed E-state index contributed by atoms with van der Waals surface area (Å²) >= 11 is 0. The van der Waals surface area contributed by atoms with Crippen LogP contribution in [0, 0.1) is 17.2 Å². The van der Waals surface area contributed by atoms with Gasteiger partial charge in [-0.05, 0) is 36.6 Å². The second-order valence-electron chi connectivity index (χ2n) is 6.19. The average molecular weight is 339 g/mol. The van der Waals surface area contributed by atoms with E-state index >= 15 is 0 Å². The van der Waals surface area contributed by atoms with E-state index in [4.69, 9.17) is 9.15 Å². The van der Waals surface area contributed by atoms with Crippen LogP contribution in [0.2, 0.25) is 0 Å². The number of hydrogen-bond donors (Lipinski definition) is 1. The first-order valence-electron chi connectivity index (χ1n) is 8.32. The number of nitriles is 1. The largest absolute Gasteiger partial charge is 0.468 e. The maximum Gasteiger partial charge on any atom is 0.287 e. The maximum absolute atomic E-state index is 12.1. The summed E-state index contributed by atoms with van der Waals surface area (Å²) in [4.78, 5) is 14.4. The molecule has 1 aliphatic heterocycles. The van der Waals surface area contributed by atoms with E-state index < -0.39 is 0 Å². The van der Waals surface area contributed by atoms with Crippen molar-refractivity contribution in [3.8, 4) is 12.0 Å². The monoisotopic (exact) mass is 339 g/mol. The smallest absolute Gasteiger partial charge is 0.287 e. The molecule has 6 heteroatoms. The van der Waals surface area contributed by atoms with Crippen LogP contribution in [0.4, 0.5) is 0 Å². The number of rotatable bonds is 6. The molecule has 0 spiro atoms. The van der Waals surface area contributed by atoms with Crippen LogP contribution < -0.4 is 10.1 Å². The lowest BCUT2D eigenvalue weighted by molar-refractivity contribution is 0.0913. The third-order valence-corrected chi connectivity index (χ3v) is 4.46. The van der Waals surface area contributed by atoms with Crippen molar-refractivity contribution in [2.75, 3.05) is 26.7 Å². The summed E-state index contributed by atoms with van der Waals surface area (Å²) in [5.41, 5.74) is 1.78.